The van der Waals surface area contributed by atoms with E-state index in [-0.39, 0.29) is 0 Å². The van der Waals surface area contributed by atoms with Gasteiger partial charge in [0, 0.05) is 23.8 Å². The summed E-state index contributed by atoms with van der Waals surface area (Å²) in [6, 6.07) is 5.95. The largest absolute Gasteiger partial charge is 0.497 e. The van der Waals surface area contributed by atoms with E-state index in [9.17, 15) is 0 Å². The second-order valence-corrected chi connectivity index (χ2v) is 4.65. The molecule has 1 aromatic carbocycles. The number of methoxy groups -OCH3 is 1. The molecule has 2 rings (SSSR count). The maximum atomic E-state index is 5.20. The number of nitrogens with one attached hydrogen (secondary N) is 1. The summed E-state index contributed by atoms with van der Waals surface area (Å²) in [4.78, 5) is 0. The molecule has 2 aromatic rings. The summed E-state index contributed by atoms with van der Waals surface area (Å²) < 4.78 is 8.08. The Bertz CT molecular complexity index is 487. The zero-order chi connectivity index (χ0) is 12.8. The molecule has 1 N–H and O–H groups in total. The van der Waals surface area contributed by atoms with E-state index in [0.717, 1.165) is 29.9 Å². The Hall–Kier alpha value is -1.40. The molecule has 5 nitrogen and oxygen atoms in total. The van der Waals surface area contributed by atoms with Crippen LogP contribution in [-0.2, 0) is 13.1 Å². The SMILES string of the molecule is COc1ccc(Br)c(CNCCn2ccnn2)c1. The Kier molecular flexibility index (Phi) is 4.72. The van der Waals surface area contributed by atoms with Crippen molar-refractivity contribution in [2.24, 2.45) is 0 Å². The van der Waals surface area contributed by atoms with Crippen LogP contribution in [0, 0.1) is 0 Å². The van der Waals surface area contributed by atoms with Crippen LogP contribution in [0.1, 0.15) is 5.56 Å². The first-order chi connectivity index (χ1) is 8.79. The van der Waals surface area contributed by atoms with Crippen LogP contribution < -0.4 is 10.1 Å². The molecule has 0 spiro atoms. The first-order valence-corrected chi connectivity index (χ1v) is 6.46. The molecule has 0 bridgehead atoms. The first kappa shape index (κ1) is 13.0. The van der Waals surface area contributed by atoms with E-state index in [1.807, 2.05) is 24.4 Å². The lowest BCUT2D eigenvalue weighted by molar-refractivity contribution is 0.414. The fourth-order valence-electron chi connectivity index (χ4n) is 1.58. The van der Waals surface area contributed by atoms with E-state index in [4.69, 9.17) is 4.74 Å². The Labute approximate surface area is 114 Å². The van der Waals surface area contributed by atoms with Crippen LogP contribution in [0.25, 0.3) is 0 Å². The summed E-state index contributed by atoms with van der Waals surface area (Å²) >= 11 is 3.53. The molecule has 0 fully saturated rings. The van der Waals surface area contributed by atoms with E-state index in [2.05, 4.69) is 31.6 Å². The van der Waals surface area contributed by atoms with Crippen LogP contribution in [-0.4, -0.2) is 28.6 Å². The number of hydrogen-bond acceptors (Lipinski definition) is 4. The number of nitrogens with zero attached hydrogens (tertiary/aromatic N) is 3. The van der Waals surface area contributed by atoms with Gasteiger partial charge in [-0.25, -0.2) is 0 Å². The van der Waals surface area contributed by atoms with Crippen molar-refractivity contribution in [2.75, 3.05) is 13.7 Å². The number of rotatable bonds is 6. The zero-order valence-electron chi connectivity index (χ0n) is 10.1. The molecule has 1 heterocycles. The van der Waals surface area contributed by atoms with Crippen molar-refractivity contribution in [3.63, 3.8) is 0 Å². The van der Waals surface area contributed by atoms with Crippen molar-refractivity contribution in [3.05, 3.63) is 40.6 Å². The number of hydrogen-bond donors (Lipinski definition) is 1. The second-order valence-electron chi connectivity index (χ2n) is 3.80. The van der Waals surface area contributed by atoms with Crippen LogP contribution in [0.5, 0.6) is 5.75 Å². The number of ether oxygens (including phenoxy) is 1. The van der Waals surface area contributed by atoms with Gasteiger partial charge in [0.05, 0.1) is 19.9 Å². The molecule has 0 saturated heterocycles. The maximum absolute atomic E-state index is 5.20. The quantitative estimate of drug-likeness (QED) is 0.827. The van der Waals surface area contributed by atoms with Crippen LogP contribution in [0.15, 0.2) is 35.1 Å². The third kappa shape index (κ3) is 3.54. The van der Waals surface area contributed by atoms with Gasteiger partial charge in [0.25, 0.3) is 0 Å². The predicted molar refractivity (Wildman–Crippen MR) is 72.4 cm³/mol. The molecule has 0 radical (unpaired) electrons. The van der Waals surface area contributed by atoms with Crippen LogP contribution in [0.4, 0.5) is 0 Å². The van der Waals surface area contributed by atoms with Crippen molar-refractivity contribution >= 4 is 15.9 Å². The van der Waals surface area contributed by atoms with E-state index in [1.165, 1.54) is 5.56 Å². The summed E-state index contributed by atoms with van der Waals surface area (Å²) in [5, 5.41) is 11.0. The molecule has 0 saturated carbocycles. The van der Waals surface area contributed by atoms with Crippen LogP contribution in [0.2, 0.25) is 0 Å². The topological polar surface area (TPSA) is 52.0 Å². The minimum atomic E-state index is 0.784. The molecule has 1 aromatic heterocycles. The lowest BCUT2D eigenvalue weighted by atomic mass is 10.2. The molecule has 0 aliphatic rings. The molecule has 6 heteroatoms. The summed E-state index contributed by atoms with van der Waals surface area (Å²) in [7, 11) is 1.67. The zero-order valence-corrected chi connectivity index (χ0v) is 11.7. The smallest absolute Gasteiger partial charge is 0.119 e. The lowest BCUT2D eigenvalue weighted by Crippen LogP contribution is -2.20. The van der Waals surface area contributed by atoms with E-state index >= 15 is 0 Å². The molecule has 0 aliphatic heterocycles. The van der Waals surface area contributed by atoms with Gasteiger partial charge in [-0.15, -0.1) is 5.10 Å². The lowest BCUT2D eigenvalue weighted by Gasteiger charge is -2.08. The number of aromatic nitrogens is 3. The van der Waals surface area contributed by atoms with Crippen molar-refractivity contribution < 1.29 is 4.74 Å². The normalized spacial score (nSPS) is 10.6. The monoisotopic (exact) mass is 310 g/mol. The van der Waals surface area contributed by atoms with Crippen LogP contribution >= 0.6 is 15.9 Å². The Morgan fingerprint density at radius 3 is 3.06 bits per heavy atom. The van der Waals surface area contributed by atoms with E-state index in [1.54, 1.807) is 18.0 Å². The van der Waals surface area contributed by atoms with Gasteiger partial charge in [0.15, 0.2) is 0 Å². The summed E-state index contributed by atoms with van der Waals surface area (Å²) in [6.07, 6.45) is 3.53. The molecule has 0 unspecified atom stereocenters. The van der Waals surface area contributed by atoms with Crippen molar-refractivity contribution in [1.29, 1.82) is 0 Å². The molecule has 0 aliphatic carbocycles. The molecule has 0 amide bonds. The van der Waals surface area contributed by atoms with Gasteiger partial charge in [-0.3, -0.25) is 4.68 Å². The number of halogens is 1. The standard InChI is InChI=1S/C12H15BrN4O/c1-18-11-2-3-12(13)10(8-11)9-14-4-6-17-7-5-15-16-17/h2-3,5,7-8,14H,4,6,9H2,1H3. The number of benzene rings is 1. The molecule has 18 heavy (non-hydrogen) atoms. The summed E-state index contributed by atoms with van der Waals surface area (Å²) in [6.45, 7) is 2.43. The minimum absolute atomic E-state index is 0.784. The fraction of sp³-hybridized carbons (Fsp3) is 0.333. The van der Waals surface area contributed by atoms with Gasteiger partial charge in [-0.05, 0) is 23.8 Å². The van der Waals surface area contributed by atoms with Gasteiger partial charge in [0.2, 0.25) is 0 Å². The average molecular weight is 311 g/mol. The minimum Gasteiger partial charge on any atom is -0.497 e. The van der Waals surface area contributed by atoms with E-state index < -0.39 is 0 Å². The Morgan fingerprint density at radius 1 is 1.44 bits per heavy atom. The highest BCUT2D eigenvalue weighted by atomic mass is 79.9. The highest BCUT2D eigenvalue weighted by Gasteiger charge is 2.01. The Morgan fingerprint density at radius 2 is 2.33 bits per heavy atom. The maximum Gasteiger partial charge on any atom is 0.119 e. The summed E-state index contributed by atoms with van der Waals surface area (Å²) in [5.41, 5.74) is 1.17. The Balaban J connectivity index is 1.82. The van der Waals surface area contributed by atoms with Gasteiger partial charge in [0.1, 0.15) is 5.75 Å². The average Bonchev–Trinajstić information content (AvgIpc) is 2.89. The highest BCUT2D eigenvalue weighted by molar-refractivity contribution is 9.10. The molecule has 0 atom stereocenters. The second kappa shape index (κ2) is 6.51. The molecular weight excluding hydrogens is 296 g/mol. The van der Waals surface area contributed by atoms with Crippen molar-refractivity contribution in [1.82, 2.24) is 20.3 Å². The van der Waals surface area contributed by atoms with Gasteiger partial charge in [-0.1, -0.05) is 21.1 Å². The fourth-order valence-corrected chi connectivity index (χ4v) is 1.97. The first-order valence-electron chi connectivity index (χ1n) is 5.67. The van der Waals surface area contributed by atoms with E-state index in [0.29, 0.717) is 0 Å². The molecular formula is C12H15BrN4O. The van der Waals surface area contributed by atoms with Crippen molar-refractivity contribution in [2.45, 2.75) is 13.1 Å². The van der Waals surface area contributed by atoms with Gasteiger partial charge < -0.3 is 10.1 Å². The van der Waals surface area contributed by atoms with Crippen LogP contribution in [0.3, 0.4) is 0 Å². The predicted octanol–water partition coefficient (Wildman–Crippen LogP) is 1.84. The third-order valence-corrected chi connectivity index (χ3v) is 3.33. The third-order valence-electron chi connectivity index (χ3n) is 2.56. The van der Waals surface area contributed by atoms with Gasteiger partial charge in [-0.2, -0.15) is 0 Å². The van der Waals surface area contributed by atoms with Gasteiger partial charge >= 0.3 is 0 Å². The summed E-state index contributed by atoms with van der Waals surface area (Å²) in [5.74, 6) is 0.867. The molecule has 96 valence electrons. The highest BCUT2D eigenvalue weighted by Crippen LogP contribution is 2.22. The van der Waals surface area contributed by atoms with Crippen molar-refractivity contribution in [3.8, 4) is 5.75 Å².